The maximum absolute atomic E-state index is 11.8. The molecule has 3 N–H and O–H groups in total. The molecule has 15 heavy (non-hydrogen) atoms. The highest BCUT2D eigenvalue weighted by atomic mass is 16.3. The van der Waals surface area contributed by atoms with E-state index in [1.807, 2.05) is 4.90 Å². The average molecular weight is 213 g/mol. The number of β-amino-alcohol motifs (C(OH)–C–C–N with tert-alkyl or cyclic N) is 1. The summed E-state index contributed by atoms with van der Waals surface area (Å²) in [6.45, 7) is 4.21. The number of nitrogens with zero attached hydrogens (tertiary/aromatic N) is 2. The Morgan fingerprint density at radius 3 is 2.40 bits per heavy atom. The second-order valence-corrected chi connectivity index (χ2v) is 4.40. The van der Waals surface area contributed by atoms with Gasteiger partial charge < -0.3 is 15.7 Å². The van der Waals surface area contributed by atoms with Gasteiger partial charge in [0.25, 0.3) is 0 Å². The van der Waals surface area contributed by atoms with E-state index >= 15 is 0 Å². The molecule has 2 rings (SSSR count). The first-order valence-electron chi connectivity index (χ1n) is 5.60. The molecule has 2 fully saturated rings. The van der Waals surface area contributed by atoms with Crippen molar-refractivity contribution in [3.63, 3.8) is 0 Å². The third kappa shape index (κ3) is 2.48. The summed E-state index contributed by atoms with van der Waals surface area (Å²) in [5.74, 6) is 0.320. The zero-order chi connectivity index (χ0) is 10.8. The van der Waals surface area contributed by atoms with Crippen molar-refractivity contribution in [1.82, 2.24) is 9.80 Å². The van der Waals surface area contributed by atoms with Gasteiger partial charge >= 0.3 is 0 Å². The summed E-state index contributed by atoms with van der Waals surface area (Å²) in [5.41, 5.74) is 5.66. The van der Waals surface area contributed by atoms with Crippen LogP contribution in [-0.2, 0) is 4.79 Å². The molecule has 0 radical (unpaired) electrons. The Hall–Kier alpha value is -0.650. The van der Waals surface area contributed by atoms with Crippen LogP contribution in [0.4, 0.5) is 0 Å². The van der Waals surface area contributed by atoms with Crippen molar-refractivity contribution >= 4 is 5.91 Å². The van der Waals surface area contributed by atoms with Gasteiger partial charge in [-0.3, -0.25) is 9.69 Å². The Labute approximate surface area is 89.8 Å². The molecule has 5 nitrogen and oxygen atoms in total. The highest BCUT2D eigenvalue weighted by Gasteiger charge is 2.42. The SMILES string of the molecule is NC1CC1C(=O)N1CCN(CCO)CC1. The third-order valence-electron chi connectivity index (χ3n) is 3.26. The molecular formula is C10H19N3O2. The van der Waals surface area contributed by atoms with Crippen molar-refractivity contribution in [2.45, 2.75) is 12.5 Å². The van der Waals surface area contributed by atoms with E-state index in [1.165, 1.54) is 0 Å². The predicted molar refractivity (Wildman–Crippen MR) is 56.2 cm³/mol. The Balaban J connectivity index is 1.75. The second-order valence-electron chi connectivity index (χ2n) is 4.40. The molecule has 0 aromatic heterocycles. The summed E-state index contributed by atoms with van der Waals surface area (Å²) in [5, 5.41) is 8.79. The van der Waals surface area contributed by atoms with Crippen LogP contribution in [0.5, 0.6) is 0 Å². The molecule has 0 spiro atoms. The molecule has 1 aliphatic heterocycles. The third-order valence-corrected chi connectivity index (χ3v) is 3.26. The van der Waals surface area contributed by atoms with Crippen LogP contribution >= 0.6 is 0 Å². The van der Waals surface area contributed by atoms with Crippen LogP contribution in [0.15, 0.2) is 0 Å². The smallest absolute Gasteiger partial charge is 0.227 e. The first-order chi connectivity index (χ1) is 7.22. The average Bonchev–Trinajstić information content (AvgIpc) is 2.96. The summed E-state index contributed by atoms with van der Waals surface area (Å²) >= 11 is 0. The number of carbonyl (C=O) groups is 1. The van der Waals surface area contributed by atoms with E-state index in [9.17, 15) is 4.79 Å². The summed E-state index contributed by atoms with van der Waals surface area (Å²) < 4.78 is 0. The number of amides is 1. The Bertz CT molecular complexity index is 239. The molecule has 0 aromatic carbocycles. The van der Waals surface area contributed by atoms with Crippen molar-refractivity contribution in [2.24, 2.45) is 11.7 Å². The van der Waals surface area contributed by atoms with E-state index in [1.54, 1.807) is 0 Å². The monoisotopic (exact) mass is 213 g/mol. The van der Waals surface area contributed by atoms with Gasteiger partial charge in [-0.1, -0.05) is 0 Å². The van der Waals surface area contributed by atoms with Gasteiger partial charge in [0.2, 0.25) is 5.91 Å². The molecule has 1 saturated heterocycles. The fourth-order valence-corrected chi connectivity index (χ4v) is 2.07. The van der Waals surface area contributed by atoms with Crippen molar-refractivity contribution < 1.29 is 9.90 Å². The molecule has 2 unspecified atom stereocenters. The highest BCUT2D eigenvalue weighted by Crippen LogP contribution is 2.30. The molecule has 1 amide bonds. The lowest BCUT2D eigenvalue weighted by Crippen LogP contribution is -2.50. The van der Waals surface area contributed by atoms with Crippen molar-refractivity contribution in [1.29, 1.82) is 0 Å². The Morgan fingerprint density at radius 1 is 1.33 bits per heavy atom. The number of aliphatic hydroxyl groups is 1. The van der Waals surface area contributed by atoms with Gasteiger partial charge in [0.05, 0.1) is 12.5 Å². The minimum absolute atomic E-state index is 0.0920. The van der Waals surface area contributed by atoms with Gasteiger partial charge in [0, 0.05) is 38.8 Å². The van der Waals surface area contributed by atoms with E-state index in [0.717, 1.165) is 32.6 Å². The van der Waals surface area contributed by atoms with E-state index in [0.29, 0.717) is 6.54 Å². The minimum atomic E-state index is 0.0920. The quantitative estimate of drug-likeness (QED) is 0.597. The molecule has 1 heterocycles. The molecule has 5 heteroatoms. The van der Waals surface area contributed by atoms with Crippen LogP contribution in [0, 0.1) is 5.92 Å². The van der Waals surface area contributed by atoms with Gasteiger partial charge in [-0.15, -0.1) is 0 Å². The number of nitrogens with two attached hydrogens (primary N) is 1. The lowest BCUT2D eigenvalue weighted by Gasteiger charge is -2.34. The Morgan fingerprint density at radius 2 is 1.93 bits per heavy atom. The van der Waals surface area contributed by atoms with Gasteiger partial charge in [-0.05, 0) is 6.42 Å². The first-order valence-corrected chi connectivity index (χ1v) is 5.60. The van der Waals surface area contributed by atoms with Gasteiger partial charge in [0.15, 0.2) is 0 Å². The van der Waals surface area contributed by atoms with Crippen LogP contribution in [0.2, 0.25) is 0 Å². The minimum Gasteiger partial charge on any atom is -0.395 e. The van der Waals surface area contributed by atoms with Gasteiger partial charge in [0.1, 0.15) is 0 Å². The van der Waals surface area contributed by atoms with Crippen LogP contribution < -0.4 is 5.73 Å². The predicted octanol–water partition coefficient (Wildman–Crippen LogP) is -1.53. The Kier molecular flexibility index (Phi) is 3.23. The topological polar surface area (TPSA) is 69.8 Å². The molecule has 1 saturated carbocycles. The summed E-state index contributed by atoms with van der Waals surface area (Å²) in [4.78, 5) is 15.9. The summed E-state index contributed by atoms with van der Waals surface area (Å²) in [7, 11) is 0. The number of aliphatic hydroxyl groups excluding tert-OH is 1. The fraction of sp³-hybridized carbons (Fsp3) is 0.900. The lowest BCUT2D eigenvalue weighted by atomic mass is 10.2. The van der Waals surface area contributed by atoms with Crippen LogP contribution in [0.3, 0.4) is 0 Å². The van der Waals surface area contributed by atoms with Crippen LogP contribution in [0.25, 0.3) is 0 Å². The molecule has 1 aliphatic carbocycles. The van der Waals surface area contributed by atoms with Crippen LogP contribution in [0.1, 0.15) is 6.42 Å². The molecular weight excluding hydrogens is 194 g/mol. The number of hydrogen-bond donors (Lipinski definition) is 2. The number of rotatable bonds is 3. The second kappa shape index (κ2) is 4.47. The lowest BCUT2D eigenvalue weighted by molar-refractivity contribution is -0.134. The van der Waals surface area contributed by atoms with E-state index in [2.05, 4.69) is 4.90 Å². The zero-order valence-corrected chi connectivity index (χ0v) is 8.93. The van der Waals surface area contributed by atoms with Gasteiger partial charge in [-0.25, -0.2) is 0 Å². The van der Waals surface area contributed by atoms with E-state index in [4.69, 9.17) is 10.8 Å². The van der Waals surface area contributed by atoms with Crippen molar-refractivity contribution in [3.8, 4) is 0 Å². The standard InChI is InChI=1S/C10H19N3O2/c11-9-7-8(9)10(15)13-3-1-12(2-4-13)5-6-14/h8-9,14H,1-7,11H2. The number of hydrogen-bond acceptors (Lipinski definition) is 4. The van der Waals surface area contributed by atoms with E-state index in [-0.39, 0.29) is 24.5 Å². The number of piperazine rings is 1. The zero-order valence-electron chi connectivity index (χ0n) is 8.93. The maximum Gasteiger partial charge on any atom is 0.227 e. The molecule has 2 atom stereocenters. The van der Waals surface area contributed by atoms with Crippen LogP contribution in [-0.4, -0.2) is 66.2 Å². The maximum atomic E-state index is 11.8. The normalized spacial score (nSPS) is 31.7. The van der Waals surface area contributed by atoms with Crippen molar-refractivity contribution in [2.75, 3.05) is 39.3 Å². The first kappa shape index (κ1) is 10.9. The molecule has 0 aromatic rings. The summed E-state index contributed by atoms with van der Waals surface area (Å²) in [6, 6.07) is 0.105. The fourth-order valence-electron chi connectivity index (χ4n) is 2.07. The molecule has 0 bridgehead atoms. The number of carbonyl (C=O) groups excluding carboxylic acids is 1. The van der Waals surface area contributed by atoms with Crippen molar-refractivity contribution in [3.05, 3.63) is 0 Å². The van der Waals surface area contributed by atoms with Gasteiger partial charge in [-0.2, -0.15) is 0 Å². The van der Waals surface area contributed by atoms with E-state index < -0.39 is 0 Å². The highest BCUT2D eigenvalue weighted by molar-refractivity contribution is 5.82. The molecule has 86 valence electrons. The largest absolute Gasteiger partial charge is 0.395 e. The summed E-state index contributed by atoms with van der Waals surface area (Å²) in [6.07, 6.45) is 0.857. The molecule has 2 aliphatic rings.